The molecule has 0 aliphatic carbocycles. The summed E-state index contributed by atoms with van der Waals surface area (Å²) in [4.78, 5) is 25.9. The molecule has 0 saturated carbocycles. The Bertz CT molecular complexity index is 684. The molecule has 23 heavy (non-hydrogen) atoms. The van der Waals surface area contributed by atoms with E-state index in [0.717, 1.165) is 12.4 Å². The zero-order valence-corrected chi connectivity index (χ0v) is 11.9. The predicted molar refractivity (Wildman–Crippen MR) is 70.1 cm³/mol. The van der Waals surface area contributed by atoms with Crippen molar-refractivity contribution in [1.29, 1.82) is 0 Å². The lowest BCUT2D eigenvalue weighted by atomic mass is 10.4. The number of hydrogen-bond acceptors (Lipinski definition) is 7. The standard InChI is InChI=1S/C12H10F3N5O3/c1-22-7-3-8(23-2)20-9(19-7)10(21)18-6-4-16-11(17-5-6)12(13,14)15/h3-5H,1-2H3,(H,18,21). The molecule has 2 heterocycles. The van der Waals surface area contributed by atoms with Gasteiger partial charge in [-0.3, -0.25) is 4.79 Å². The van der Waals surface area contributed by atoms with Gasteiger partial charge in [0.05, 0.1) is 38.4 Å². The molecule has 0 aromatic carbocycles. The van der Waals surface area contributed by atoms with Gasteiger partial charge in [0.15, 0.2) is 0 Å². The number of halogens is 3. The van der Waals surface area contributed by atoms with Crippen molar-refractivity contribution in [2.24, 2.45) is 0 Å². The number of nitrogens with zero attached hydrogens (tertiary/aromatic N) is 4. The topological polar surface area (TPSA) is 99.1 Å². The van der Waals surface area contributed by atoms with Crippen LogP contribution in [0.4, 0.5) is 18.9 Å². The molecule has 0 unspecified atom stereocenters. The Hall–Kier alpha value is -2.98. The van der Waals surface area contributed by atoms with Gasteiger partial charge in [-0.1, -0.05) is 0 Å². The third-order valence-electron chi connectivity index (χ3n) is 2.46. The first-order valence-electron chi connectivity index (χ1n) is 6.01. The first-order valence-corrected chi connectivity index (χ1v) is 6.01. The Morgan fingerprint density at radius 1 is 1.09 bits per heavy atom. The average Bonchev–Trinajstić information content (AvgIpc) is 2.53. The fourth-order valence-corrected chi connectivity index (χ4v) is 1.44. The van der Waals surface area contributed by atoms with Crippen molar-refractivity contribution >= 4 is 11.6 Å². The Labute approximate surface area is 127 Å². The molecule has 1 amide bonds. The van der Waals surface area contributed by atoms with E-state index in [1.807, 2.05) is 0 Å². The number of rotatable bonds is 4. The molecule has 0 saturated heterocycles. The van der Waals surface area contributed by atoms with Crippen LogP contribution in [-0.2, 0) is 6.18 Å². The van der Waals surface area contributed by atoms with Crippen LogP contribution in [0.3, 0.4) is 0 Å². The molecule has 8 nitrogen and oxygen atoms in total. The smallest absolute Gasteiger partial charge is 0.451 e. The van der Waals surface area contributed by atoms with Gasteiger partial charge >= 0.3 is 6.18 Å². The van der Waals surface area contributed by atoms with Crippen LogP contribution in [0.2, 0.25) is 0 Å². The SMILES string of the molecule is COc1cc(OC)nc(C(=O)Nc2cnc(C(F)(F)F)nc2)n1. The van der Waals surface area contributed by atoms with Crippen molar-refractivity contribution in [1.82, 2.24) is 19.9 Å². The minimum Gasteiger partial charge on any atom is -0.481 e. The Morgan fingerprint density at radius 3 is 2.04 bits per heavy atom. The second-order valence-corrected chi connectivity index (χ2v) is 4.02. The van der Waals surface area contributed by atoms with Crippen molar-refractivity contribution in [3.63, 3.8) is 0 Å². The normalized spacial score (nSPS) is 11.0. The minimum atomic E-state index is -4.66. The van der Waals surface area contributed by atoms with Gasteiger partial charge in [-0.25, -0.2) is 9.97 Å². The summed E-state index contributed by atoms with van der Waals surface area (Å²) < 4.78 is 46.8. The summed E-state index contributed by atoms with van der Waals surface area (Å²) in [6, 6.07) is 1.36. The molecule has 0 aliphatic rings. The number of alkyl halides is 3. The number of anilines is 1. The summed E-state index contributed by atoms with van der Waals surface area (Å²) in [6.07, 6.45) is -3.01. The monoisotopic (exact) mass is 329 g/mol. The molecule has 0 radical (unpaired) electrons. The molecule has 122 valence electrons. The molecule has 2 aromatic rings. The van der Waals surface area contributed by atoms with Crippen LogP contribution >= 0.6 is 0 Å². The summed E-state index contributed by atoms with van der Waals surface area (Å²) in [5.74, 6) is -2.21. The van der Waals surface area contributed by atoms with Gasteiger partial charge < -0.3 is 14.8 Å². The molecule has 0 bridgehead atoms. The Morgan fingerprint density at radius 2 is 1.61 bits per heavy atom. The third-order valence-corrected chi connectivity index (χ3v) is 2.46. The molecule has 2 aromatic heterocycles. The quantitative estimate of drug-likeness (QED) is 0.908. The van der Waals surface area contributed by atoms with Gasteiger partial charge in [0.1, 0.15) is 0 Å². The number of methoxy groups -OCH3 is 2. The van der Waals surface area contributed by atoms with E-state index < -0.39 is 17.9 Å². The fraction of sp³-hybridized carbons (Fsp3) is 0.250. The fourth-order valence-electron chi connectivity index (χ4n) is 1.44. The number of nitrogens with one attached hydrogen (secondary N) is 1. The summed E-state index contributed by atoms with van der Waals surface area (Å²) in [5.41, 5.74) is -0.0478. The van der Waals surface area contributed by atoms with Crippen molar-refractivity contribution in [2.75, 3.05) is 19.5 Å². The number of carbonyl (C=O) groups is 1. The number of ether oxygens (including phenoxy) is 2. The highest BCUT2D eigenvalue weighted by Gasteiger charge is 2.34. The van der Waals surface area contributed by atoms with Crippen LogP contribution in [0.25, 0.3) is 0 Å². The zero-order valence-electron chi connectivity index (χ0n) is 11.9. The van der Waals surface area contributed by atoms with Gasteiger partial charge in [0.25, 0.3) is 5.91 Å². The first-order chi connectivity index (χ1) is 10.8. The highest BCUT2D eigenvalue weighted by Crippen LogP contribution is 2.25. The molecule has 0 aliphatic heterocycles. The first kappa shape index (κ1) is 16.4. The molecule has 0 atom stereocenters. The maximum atomic E-state index is 12.4. The van der Waals surface area contributed by atoms with Crippen molar-refractivity contribution in [2.45, 2.75) is 6.18 Å². The van der Waals surface area contributed by atoms with Crippen LogP contribution < -0.4 is 14.8 Å². The van der Waals surface area contributed by atoms with Crippen LogP contribution in [0.5, 0.6) is 11.8 Å². The minimum absolute atomic E-state index is 0.0478. The van der Waals surface area contributed by atoms with E-state index in [0.29, 0.717) is 0 Å². The number of aromatic nitrogens is 4. The van der Waals surface area contributed by atoms with Crippen LogP contribution in [0, 0.1) is 0 Å². The third kappa shape index (κ3) is 4.02. The predicted octanol–water partition coefficient (Wildman–Crippen LogP) is 1.55. The highest BCUT2D eigenvalue weighted by molar-refractivity contribution is 6.01. The van der Waals surface area contributed by atoms with E-state index in [-0.39, 0.29) is 23.3 Å². The molecular weight excluding hydrogens is 319 g/mol. The van der Waals surface area contributed by atoms with E-state index in [9.17, 15) is 18.0 Å². The van der Waals surface area contributed by atoms with Gasteiger partial charge in [-0.15, -0.1) is 0 Å². The summed E-state index contributed by atoms with van der Waals surface area (Å²) in [7, 11) is 2.68. The maximum Gasteiger partial charge on any atom is 0.451 e. The molecular formula is C12H10F3N5O3. The van der Waals surface area contributed by atoms with E-state index in [1.165, 1.54) is 20.3 Å². The van der Waals surface area contributed by atoms with Crippen LogP contribution in [0.15, 0.2) is 18.5 Å². The van der Waals surface area contributed by atoms with Crippen LogP contribution in [0.1, 0.15) is 16.4 Å². The Balaban J connectivity index is 2.19. The van der Waals surface area contributed by atoms with E-state index >= 15 is 0 Å². The van der Waals surface area contributed by atoms with Crippen molar-refractivity contribution in [3.05, 3.63) is 30.1 Å². The van der Waals surface area contributed by atoms with Crippen LogP contribution in [-0.4, -0.2) is 40.1 Å². The van der Waals surface area contributed by atoms with Crippen molar-refractivity contribution < 1.29 is 27.4 Å². The number of hydrogen-bond donors (Lipinski definition) is 1. The second-order valence-electron chi connectivity index (χ2n) is 4.02. The average molecular weight is 329 g/mol. The zero-order chi connectivity index (χ0) is 17.0. The number of carbonyl (C=O) groups excluding carboxylic acids is 1. The van der Waals surface area contributed by atoms with Gasteiger partial charge in [0.2, 0.25) is 23.4 Å². The van der Waals surface area contributed by atoms with Gasteiger partial charge in [-0.2, -0.15) is 23.1 Å². The molecule has 0 fully saturated rings. The number of amides is 1. The summed E-state index contributed by atoms with van der Waals surface area (Å²) >= 11 is 0. The largest absolute Gasteiger partial charge is 0.481 e. The molecule has 1 N–H and O–H groups in total. The second kappa shape index (κ2) is 6.42. The molecule has 11 heteroatoms. The summed E-state index contributed by atoms with van der Waals surface area (Å²) in [5, 5.41) is 2.27. The van der Waals surface area contributed by atoms with E-state index in [4.69, 9.17) is 9.47 Å². The maximum absolute atomic E-state index is 12.4. The Kier molecular flexibility index (Phi) is 4.57. The van der Waals surface area contributed by atoms with Gasteiger partial charge in [-0.05, 0) is 0 Å². The highest BCUT2D eigenvalue weighted by atomic mass is 19.4. The van der Waals surface area contributed by atoms with E-state index in [1.54, 1.807) is 0 Å². The molecule has 2 rings (SSSR count). The van der Waals surface area contributed by atoms with Crippen molar-refractivity contribution in [3.8, 4) is 11.8 Å². The van der Waals surface area contributed by atoms with E-state index in [2.05, 4.69) is 25.3 Å². The lowest BCUT2D eigenvalue weighted by Gasteiger charge is -2.08. The molecule has 0 spiro atoms. The lowest BCUT2D eigenvalue weighted by molar-refractivity contribution is -0.144. The lowest BCUT2D eigenvalue weighted by Crippen LogP contribution is -2.17. The van der Waals surface area contributed by atoms with Gasteiger partial charge in [0, 0.05) is 0 Å². The summed E-state index contributed by atoms with van der Waals surface area (Å²) in [6.45, 7) is 0.